The van der Waals surface area contributed by atoms with Gasteiger partial charge in [-0.2, -0.15) is 0 Å². The number of ketones is 1. The van der Waals surface area contributed by atoms with E-state index >= 15 is 0 Å². The molecule has 2 aliphatic rings. The molecule has 1 fully saturated rings. The molecule has 1 N–H and O–H groups in total. The van der Waals surface area contributed by atoms with Crippen LogP contribution in [0.5, 0.6) is 0 Å². The summed E-state index contributed by atoms with van der Waals surface area (Å²) in [6.07, 6.45) is 4.29. The van der Waals surface area contributed by atoms with Gasteiger partial charge in [0, 0.05) is 13.8 Å². The van der Waals surface area contributed by atoms with E-state index in [2.05, 4.69) is 34.5 Å². The normalized spacial score (nSPS) is 22.7. The zero-order chi connectivity index (χ0) is 18.9. The number of nitrogens with one attached hydrogen (secondary N) is 1. The molecule has 0 bridgehead atoms. The van der Waals surface area contributed by atoms with Crippen molar-refractivity contribution in [1.29, 1.82) is 0 Å². The Morgan fingerprint density at radius 3 is 2.46 bits per heavy atom. The number of amides is 1. The highest BCUT2D eigenvalue weighted by Gasteiger charge is 2.42. The Balaban J connectivity index is 0.00000261. The lowest BCUT2D eigenvalue weighted by Gasteiger charge is -2.47. The molecule has 1 aromatic carbocycles. The highest BCUT2D eigenvalue weighted by Crippen LogP contribution is 2.47. The average molecular weight is 359 g/mol. The number of nitrogens with zero attached hydrogens (tertiary/aromatic N) is 1. The van der Waals surface area contributed by atoms with Crippen molar-refractivity contribution in [3.05, 3.63) is 35.4 Å². The zero-order valence-corrected chi connectivity index (χ0v) is 16.6. The number of rotatable bonds is 3. The van der Waals surface area contributed by atoms with Gasteiger partial charge < -0.3 is 5.32 Å². The predicted molar refractivity (Wildman–Crippen MR) is 106 cm³/mol. The fourth-order valence-electron chi connectivity index (χ4n) is 4.49. The van der Waals surface area contributed by atoms with Gasteiger partial charge in [0.1, 0.15) is 0 Å². The summed E-state index contributed by atoms with van der Waals surface area (Å²) in [6, 6.07) is 8.75. The minimum Gasteiger partial charge on any atom is -0.350 e. The zero-order valence-electron chi connectivity index (χ0n) is 16.6. The summed E-state index contributed by atoms with van der Waals surface area (Å²) in [5.74, 6) is 0.361. The lowest BCUT2D eigenvalue weighted by Crippen LogP contribution is -2.48. The number of benzene rings is 1. The van der Waals surface area contributed by atoms with E-state index in [1.54, 1.807) is 6.92 Å². The predicted octanol–water partition coefficient (Wildman–Crippen LogP) is 3.85. The molecule has 1 aromatic rings. The summed E-state index contributed by atoms with van der Waals surface area (Å²) in [5, 5.41) is 3.12. The SMILES string of the molecule is CC(=O)N[C@H]1CCC2(CCN(CC(=O)C(C)(C)C)CC2)c2ccccc21.[HH]. The van der Waals surface area contributed by atoms with E-state index < -0.39 is 0 Å². The molecular formula is C22H34N2O2. The first-order chi connectivity index (χ1) is 12.2. The van der Waals surface area contributed by atoms with Gasteiger partial charge in [-0.25, -0.2) is 0 Å². The van der Waals surface area contributed by atoms with Crippen LogP contribution in [-0.2, 0) is 15.0 Å². The van der Waals surface area contributed by atoms with Crippen LogP contribution in [0, 0.1) is 5.41 Å². The van der Waals surface area contributed by atoms with Crippen LogP contribution in [0.25, 0.3) is 0 Å². The highest BCUT2D eigenvalue weighted by molar-refractivity contribution is 5.85. The molecule has 0 unspecified atom stereocenters. The third kappa shape index (κ3) is 3.85. The van der Waals surface area contributed by atoms with Crippen LogP contribution in [-0.4, -0.2) is 36.2 Å². The van der Waals surface area contributed by atoms with Gasteiger partial charge >= 0.3 is 0 Å². The first-order valence-electron chi connectivity index (χ1n) is 9.83. The Labute approximate surface area is 158 Å². The summed E-state index contributed by atoms with van der Waals surface area (Å²) in [7, 11) is 0. The third-order valence-corrected chi connectivity index (χ3v) is 6.21. The molecule has 0 saturated carbocycles. The number of hydrogen-bond donors (Lipinski definition) is 1. The second-order valence-electron chi connectivity index (χ2n) is 9.11. The molecule has 1 heterocycles. The smallest absolute Gasteiger partial charge is 0.217 e. The molecule has 144 valence electrons. The molecule has 1 aliphatic heterocycles. The minimum absolute atomic E-state index is 0. The highest BCUT2D eigenvalue weighted by atomic mass is 16.1. The Kier molecular flexibility index (Phi) is 5.25. The van der Waals surface area contributed by atoms with Gasteiger partial charge in [0.05, 0.1) is 12.6 Å². The fraction of sp³-hybridized carbons (Fsp3) is 0.636. The van der Waals surface area contributed by atoms with E-state index in [0.717, 1.165) is 38.8 Å². The largest absolute Gasteiger partial charge is 0.350 e. The van der Waals surface area contributed by atoms with Gasteiger partial charge in [0.2, 0.25) is 5.91 Å². The molecule has 0 aromatic heterocycles. The molecular weight excluding hydrogens is 324 g/mol. The van der Waals surface area contributed by atoms with Gasteiger partial charge in [-0.05, 0) is 55.3 Å². The second-order valence-corrected chi connectivity index (χ2v) is 9.11. The molecule has 4 heteroatoms. The summed E-state index contributed by atoms with van der Waals surface area (Å²) >= 11 is 0. The summed E-state index contributed by atoms with van der Waals surface area (Å²) in [5.41, 5.74) is 2.63. The molecule has 0 radical (unpaired) electrons. The Bertz CT molecular complexity index is 688. The van der Waals surface area contributed by atoms with Crippen LogP contribution in [0.2, 0.25) is 0 Å². The molecule has 1 amide bonds. The first-order valence-corrected chi connectivity index (χ1v) is 9.83. The maximum Gasteiger partial charge on any atom is 0.217 e. The lowest BCUT2D eigenvalue weighted by molar-refractivity contribution is -0.127. The van der Waals surface area contributed by atoms with Gasteiger partial charge in [-0.15, -0.1) is 0 Å². The van der Waals surface area contributed by atoms with Crippen LogP contribution < -0.4 is 5.32 Å². The van der Waals surface area contributed by atoms with Crippen molar-refractivity contribution in [3.63, 3.8) is 0 Å². The van der Waals surface area contributed by atoms with Gasteiger partial charge in [-0.1, -0.05) is 45.0 Å². The van der Waals surface area contributed by atoms with E-state index in [9.17, 15) is 9.59 Å². The van der Waals surface area contributed by atoms with Crippen molar-refractivity contribution in [3.8, 4) is 0 Å². The number of fused-ring (bicyclic) bond motifs is 2. The van der Waals surface area contributed by atoms with E-state index in [-0.39, 0.29) is 24.2 Å². The van der Waals surface area contributed by atoms with Crippen LogP contribution in [0.3, 0.4) is 0 Å². The van der Waals surface area contributed by atoms with Gasteiger partial charge in [0.15, 0.2) is 5.78 Å². The van der Waals surface area contributed by atoms with Crippen molar-refractivity contribution >= 4 is 11.7 Å². The second kappa shape index (κ2) is 7.15. The van der Waals surface area contributed by atoms with Crippen molar-refractivity contribution in [1.82, 2.24) is 10.2 Å². The van der Waals surface area contributed by atoms with E-state index in [1.807, 2.05) is 20.8 Å². The minimum atomic E-state index is -0.266. The van der Waals surface area contributed by atoms with Crippen LogP contribution in [0.1, 0.15) is 72.0 Å². The Hall–Kier alpha value is -1.68. The maximum absolute atomic E-state index is 12.4. The molecule has 1 aliphatic carbocycles. The average Bonchev–Trinajstić information content (AvgIpc) is 2.58. The van der Waals surface area contributed by atoms with E-state index in [4.69, 9.17) is 0 Å². The maximum atomic E-state index is 12.4. The number of carbonyl (C=O) groups excluding carboxylic acids is 2. The number of Topliss-reactive ketones (excluding diaryl/α,β-unsaturated/α-hetero) is 1. The van der Waals surface area contributed by atoms with Gasteiger partial charge in [0.25, 0.3) is 0 Å². The Morgan fingerprint density at radius 2 is 1.85 bits per heavy atom. The number of hydrogen-bond acceptors (Lipinski definition) is 3. The van der Waals surface area contributed by atoms with Crippen LogP contribution in [0.15, 0.2) is 24.3 Å². The molecule has 26 heavy (non-hydrogen) atoms. The first kappa shape index (κ1) is 19.1. The molecule has 1 saturated heterocycles. The monoisotopic (exact) mass is 358 g/mol. The van der Waals surface area contributed by atoms with Crippen molar-refractivity contribution in [2.45, 2.75) is 64.8 Å². The molecule has 3 rings (SSSR count). The van der Waals surface area contributed by atoms with Crippen molar-refractivity contribution in [2.75, 3.05) is 19.6 Å². The third-order valence-electron chi connectivity index (χ3n) is 6.21. The van der Waals surface area contributed by atoms with Crippen molar-refractivity contribution < 1.29 is 11.0 Å². The molecule has 1 spiro atoms. The topological polar surface area (TPSA) is 49.4 Å². The summed E-state index contributed by atoms with van der Waals surface area (Å²) < 4.78 is 0. The molecule has 4 nitrogen and oxygen atoms in total. The van der Waals surface area contributed by atoms with Crippen LogP contribution in [0.4, 0.5) is 0 Å². The lowest BCUT2D eigenvalue weighted by atomic mass is 9.63. The van der Waals surface area contributed by atoms with Gasteiger partial charge in [-0.3, -0.25) is 14.5 Å². The number of piperidine rings is 1. The van der Waals surface area contributed by atoms with Crippen LogP contribution >= 0.6 is 0 Å². The standard InChI is InChI=1S/C22H32N2O2.H2/c1-16(25)23-19-9-10-22(18-8-6-5-7-17(18)19)11-13-24(14-12-22)15-20(26)21(2,3)4;/h5-8,19H,9-15H2,1-4H3,(H,23,25);1H/t19-;/m0./s1. The van der Waals surface area contributed by atoms with E-state index in [0.29, 0.717) is 12.3 Å². The summed E-state index contributed by atoms with van der Waals surface area (Å²) in [4.78, 5) is 26.3. The Morgan fingerprint density at radius 1 is 1.19 bits per heavy atom. The van der Waals surface area contributed by atoms with Crippen molar-refractivity contribution in [2.24, 2.45) is 5.41 Å². The quantitative estimate of drug-likeness (QED) is 0.893. The fourth-order valence-corrected chi connectivity index (χ4v) is 4.49. The molecule has 1 atom stereocenters. The number of carbonyl (C=O) groups is 2. The summed E-state index contributed by atoms with van der Waals surface area (Å²) in [6.45, 7) is 10.1. The number of likely N-dealkylation sites (tertiary alicyclic amines) is 1. The van der Waals surface area contributed by atoms with E-state index in [1.165, 1.54) is 11.1 Å².